The van der Waals surface area contributed by atoms with E-state index in [1.807, 2.05) is 13.8 Å². The molecule has 1 aliphatic rings. The fourth-order valence-corrected chi connectivity index (χ4v) is 2.21. The molecule has 1 saturated heterocycles. The maximum atomic E-state index is 12.2. The largest absolute Gasteiger partial charge is 0.381 e. The molecule has 0 aromatic rings. The highest BCUT2D eigenvalue weighted by Gasteiger charge is 2.34. The van der Waals surface area contributed by atoms with Crippen molar-refractivity contribution in [1.82, 2.24) is 15.5 Å². The Balaban J connectivity index is 2.22. The number of hydrogen-bond donors (Lipinski definition) is 2. The quantitative estimate of drug-likeness (QED) is 0.635. The van der Waals surface area contributed by atoms with E-state index in [4.69, 9.17) is 4.74 Å². The first-order valence-electron chi connectivity index (χ1n) is 7.41. The third-order valence-corrected chi connectivity index (χ3v) is 3.56. The first-order chi connectivity index (χ1) is 9.09. The molecule has 2 N–H and O–H groups in total. The van der Waals surface area contributed by atoms with Gasteiger partial charge in [0.15, 0.2) is 0 Å². The van der Waals surface area contributed by atoms with Gasteiger partial charge in [-0.25, -0.2) is 0 Å². The number of carbonyl (C=O) groups excluding carboxylic acids is 1. The normalized spacial score (nSPS) is 17.4. The molecule has 0 bridgehead atoms. The van der Waals surface area contributed by atoms with Crippen molar-refractivity contribution in [2.24, 2.45) is 0 Å². The summed E-state index contributed by atoms with van der Waals surface area (Å²) in [6.07, 6.45) is 1.92. The third-order valence-electron chi connectivity index (χ3n) is 3.56. The van der Waals surface area contributed by atoms with E-state index in [1.54, 1.807) is 0 Å². The molecule has 112 valence electrons. The van der Waals surface area contributed by atoms with Crippen molar-refractivity contribution >= 4 is 5.91 Å². The van der Waals surface area contributed by atoms with Gasteiger partial charge in [0, 0.05) is 45.9 Å². The molecular weight excluding hydrogens is 242 g/mol. The Labute approximate surface area is 117 Å². The van der Waals surface area contributed by atoms with E-state index in [0.29, 0.717) is 6.54 Å². The maximum Gasteiger partial charge on any atom is 0.239 e. The molecule has 1 rings (SSSR count). The number of hydrogen-bond acceptors (Lipinski definition) is 4. The van der Waals surface area contributed by atoms with E-state index >= 15 is 0 Å². The van der Waals surface area contributed by atoms with Gasteiger partial charge in [-0.3, -0.25) is 9.69 Å². The highest BCUT2D eigenvalue weighted by Crippen LogP contribution is 2.15. The van der Waals surface area contributed by atoms with Crippen LogP contribution >= 0.6 is 0 Å². The summed E-state index contributed by atoms with van der Waals surface area (Å²) in [7, 11) is 0. The highest BCUT2D eigenvalue weighted by molar-refractivity contribution is 5.85. The molecule has 19 heavy (non-hydrogen) atoms. The lowest BCUT2D eigenvalue weighted by Gasteiger charge is -2.39. The molecule has 0 aliphatic carbocycles. The lowest BCUT2D eigenvalue weighted by atomic mass is 10.0. The van der Waals surface area contributed by atoms with Crippen LogP contribution in [0.3, 0.4) is 0 Å². The zero-order chi connectivity index (χ0) is 14.1. The molecule has 1 aliphatic heterocycles. The molecular formula is C14H29N3O2. The molecule has 5 nitrogen and oxygen atoms in total. The average Bonchev–Trinajstić information content (AvgIpc) is 2.43. The second-order valence-corrected chi connectivity index (χ2v) is 5.52. The lowest BCUT2D eigenvalue weighted by Crippen LogP contribution is -2.60. The molecule has 1 amide bonds. The van der Waals surface area contributed by atoms with E-state index in [-0.39, 0.29) is 5.91 Å². The van der Waals surface area contributed by atoms with Gasteiger partial charge in [0.2, 0.25) is 5.91 Å². The predicted molar refractivity (Wildman–Crippen MR) is 77.3 cm³/mol. The number of piperazine rings is 1. The Hall–Kier alpha value is -0.650. The van der Waals surface area contributed by atoms with Gasteiger partial charge < -0.3 is 15.4 Å². The van der Waals surface area contributed by atoms with E-state index in [2.05, 4.69) is 22.5 Å². The fourth-order valence-electron chi connectivity index (χ4n) is 2.21. The van der Waals surface area contributed by atoms with Gasteiger partial charge in [0.25, 0.3) is 0 Å². The van der Waals surface area contributed by atoms with Crippen LogP contribution in [0.1, 0.15) is 33.6 Å². The second-order valence-electron chi connectivity index (χ2n) is 5.52. The Morgan fingerprint density at radius 3 is 2.63 bits per heavy atom. The lowest BCUT2D eigenvalue weighted by molar-refractivity contribution is -0.132. The number of ether oxygens (including phenoxy) is 1. The van der Waals surface area contributed by atoms with Crippen LogP contribution in [0.15, 0.2) is 0 Å². The van der Waals surface area contributed by atoms with Crippen molar-refractivity contribution in [2.75, 3.05) is 45.9 Å². The molecule has 0 atom stereocenters. The molecule has 0 aromatic heterocycles. The van der Waals surface area contributed by atoms with Crippen molar-refractivity contribution in [2.45, 2.75) is 39.2 Å². The number of rotatable bonds is 8. The van der Waals surface area contributed by atoms with E-state index < -0.39 is 5.54 Å². The van der Waals surface area contributed by atoms with Crippen LogP contribution in [0.2, 0.25) is 0 Å². The topological polar surface area (TPSA) is 53.6 Å². The van der Waals surface area contributed by atoms with Crippen molar-refractivity contribution in [3.8, 4) is 0 Å². The number of nitrogens with one attached hydrogen (secondary N) is 2. The summed E-state index contributed by atoms with van der Waals surface area (Å²) in [6.45, 7) is 12.1. The van der Waals surface area contributed by atoms with Gasteiger partial charge in [-0.1, -0.05) is 6.92 Å². The van der Waals surface area contributed by atoms with Gasteiger partial charge in [0.1, 0.15) is 0 Å². The summed E-state index contributed by atoms with van der Waals surface area (Å²) in [6, 6.07) is 0. The van der Waals surface area contributed by atoms with Crippen molar-refractivity contribution in [1.29, 1.82) is 0 Å². The maximum absolute atomic E-state index is 12.2. The Morgan fingerprint density at radius 1 is 1.32 bits per heavy atom. The van der Waals surface area contributed by atoms with Crippen LogP contribution in [0.5, 0.6) is 0 Å². The molecule has 1 fully saturated rings. The first kappa shape index (κ1) is 16.4. The molecule has 5 heteroatoms. The molecule has 0 spiro atoms. The van der Waals surface area contributed by atoms with E-state index in [9.17, 15) is 4.79 Å². The average molecular weight is 271 g/mol. The van der Waals surface area contributed by atoms with Gasteiger partial charge in [0.05, 0.1) is 5.54 Å². The summed E-state index contributed by atoms with van der Waals surface area (Å²) < 4.78 is 5.40. The third kappa shape index (κ3) is 5.47. The van der Waals surface area contributed by atoms with Crippen LogP contribution in [-0.4, -0.2) is 62.3 Å². The summed E-state index contributed by atoms with van der Waals surface area (Å²) in [5, 5.41) is 6.32. The molecule has 1 heterocycles. The van der Waals surface area contributed by atoms with Crippen LogP contribution in [0.25, 0.3) is 0 Å². The summed E-state index contributed by atoms with van der Waals surface area (Å²) in [4.78, 5) is 14.5. The number of carbonyl (C=O) groups is 1. The van der Waals surface area contributed by atoms with Crippen molar-refractivity contribution < 1.29 is 9.53 Å². The van der Waals surface area contributed by atoms with E-state index in [0.717, 1.165) is 52.2 Å². The zero-order valence-corrected chi connectivity index (χ0v) is 12.6. The number of amides is 1. The zero-order valence-electron chi connectivity index (χ0n) is 12.6. The van der Waals surface area contributed by atoms with Crippen molar-refractivity contribution in [3.05, 3.63) is 0 Å². The number of nitrogens with zero attached hydrogens (tertiary/aromatic N) is 1. The van der Waals surface area contributed by atoms with Crippen LogP contribution < -0.4 is 10.6 Å². The summed E-state index contributed by atoms with van der Waals surface area (Å²) >= 11 is 0. The van der Waals surface area contributed by atoms with Gasteiger partial charge >= 0.3 is 0 Å². The van der Waals surface area contributed by atoms with Gasteiger partial charge in [-0.15, -0.1) is 0 Å². The SMILES string of the molecule is CCCOCCCNC(=O)C(C)(C)N1CCNCC1. The molecule has 0 unspecified atom stereocenters. The summed E-state index contributed by atoms with van der Waals surface area (Å²) in [5.41, 5.74) is -0.424. The summed E-state index contributed by atoms with van der Waals surface area (Å²) in [5.74, 6) is 0.116. The van der Waals surface area contributed by atoms with Crippen molar-refractivity contribution in [3.63, 3.8) is 0 Å². The Bertz CT molecular complexity index is 263. The second kappa shape index (κ2) is 8.51. The minimum atomic E-state index is -0.424. The monoisotopic (exact) mass is 271 g/mol. The molecule has 0 radical (unpaired) electrons. The first-order valence-corrected chi connectivity index (χ1v) is 7.41. The smallest absolute Gasteiger partial charge is 0.239 e. The van der Waals surface area contributed by atoms with Crippen LogP contribution in [0.4, 0.5) is 0 Å². The fraction of sp³-hybridized carbons (Fsp3) is 0.929. The Kier molecular flexibility index (Phi) is 7.34. The van der Waals surface area contributed by atoms with Gasteiger partial charge in [-0.05, 0) is 26.7 Å². The standard InChI is InChI=1S/C14H29N3O2/c1-4-11-19-12-5-6-16-13(18)14(2,3)17-9-7-15-8-10-17/h15H,4-12H2,1-3H3,(H,16,18). The van der Waals surface area contributed by atoms with Gasteiger partial charge in [-0.2, -0.15) is 0 Å². The van der Waals surface area contributed by atoms with E-state index in [1.165, 1.54) is 0 Å². The minimum Gasteiger partial charge on any atom is -0.381 e. The van der Waals surface area contributed by atoms with Crippen LogP contribution in [-0.2, 0) is 9.53 Å². The highest BCUT2D eigenvalue weighted by atomic mass is 16.5. The Morgan fingerprint density at radius 2 is 2.00 bits per heavy atom. The molecule has 0 aromatic carbocycles. The minimum absolute atomic E-state index is 0.116. The molecule has 0 saturated carbocycles. The van der Waals surface area contributed by atoms with Crippen LogP contribution in [0, 0.1) is 0 Å². The predicted octanol–water partition coefficient (Wildman–Crippen LogP) is 0.603.